The van der Waals surface area contributed by atoms with Crippen molar-refractivity contribution in [3.8, 4) is 11.1 Å². The van der Waals surface area contributed by atoms with Crippen molar-refractivity contribution in [2.45, 2.75) is 0 Å². The van der Waals surface area contributed by atoms with Crippen LogP contribution in [0.2, 0.25) is 0 Å². The molecule has 0 spiro atoms. The number of carboxylic acids is 1. The summed E-state index contributed by atoms with van der Waals surface area (Å²) >= 11 is 6.89. The van der Waals surface area contributed by atoms with E-state index >= 15 is 0 Å². The van der Waals surface area contributed by atoms with Crippen molar-refractivity contribution >= 4 is 48.7 Å². The molecule has 0 aliphatic rings. The maximum atomic E-state index is 12.2. The quantitative estimate of drug-likeness (QED) is 0.656. The first kappa shape index (κ1) is 14.9. The second kappa shape index (κ2) is 5.66. The van der Waals surface area contributed by atoms with Crippen molar-refractivity contribution in [3.05, 3.63) is 61.3 Å². The Kier molecular flexibility index (Phi) is 3.84. The largest absolute Gasteiger partial charge is 0.476 e. The zero-order chi connectivity index (χ0) is 15.9. The summed E-state index contributed by atoms with van der Waals surface area (Å²) in [6.07, 6.45) is 0. The first-order chi connectivity index (χ1) is 10.5. The van der Waals surface area contributed by atoms with Crippen molar-refractivity contribution < 1.29 is 9.90 Å². The van der Waals surface area contributed by atoms with Crippen LogP contribution >= 0.6 is 31.9 Å². The summed E-state index contributed by atoms with van der Waals surface area (Å²) in [5, 5.41) is 15.5. The van der Waals surface area contributed by atoms with E-state index in [4.69, 9.17) is 5.11 Å². The Labute approximate surface area is 141 Å². The van der Waals surface area contributed by atoms with Crippen LogP contribution in [0.5, 0.6) is 0 Å². The van der Waals surface area contributed by atoms with Crippen LogP contribution in [-0.2, 0) is 0 Å². The van der Waals surface area contributed by atoms with Gasteiger partial charge in [-0.2, -0.15) is 5.10 Å². The molecule has 0 bridgehead atoms. The number of carboxylic acid groups (broad SMARTS) is 1. The highest BCUT2D eigenvalue weighted by Gasteiger charge is 2.14. The fourth-order valence-corrected chi connectivity index (χ4v) is 2.99. The molecule has 1 heterocycles. The highest BCUT2D eigenvalue weighted by molar-refractivity contribution is 9.11. The minimum atomic E-state index is -1.35. The lowest BCUT2D eigenvalue weighted by Gasteiger charge is -2.07. The van der Waals surface area contributed by atoms with Gasteiger partial charge in [0.2, 0.25) is 11.1 Å². The van der Waals surface area contributed by atoms with Crippen LogP contribution in [0.25, 0.3) is 22.0 Å². The van der Waals surface area contributed by atoms with E-state index in [0.29, 0.717) is 5.52 Å². The summed E-state index contributed by atoms with van der Waals surface area (Å²) in [7, 11) is 0. The van der Waals surface area contributed by atoms with Crippen LogP contribution in [0.3, 0.4) is 0 Å². The van der Waals surface area contributed by atoms with Crippen LogP contribution < -0.4 is 5.43 Å². The molecular formula is C15H8Br2N2O3. The van der Waals surface area contributed by atoms with Crippen LogP contribution in [0, 0.1) is 0 Å². The number of halogens is 2. The molecule has 0 aliphatic carbocycles. The standard InChI is InChI=1S/C15H8Br2N2O3/c16-8-2-3-11(17)9(6-8)7-1-4-12-10(5-7)14(20)13(15(21)22)19-18-12/h1-6H,(H,18,20)(H,21,22). The summed E-state index contributed by atoms with van der Waals surface area (Å²) in [4.78, 5) is 23.2. The lowest BCUT2D eigenvalue weighted by atomic mass is 10.0. The predicted octanol–water partition coefficient (Wildman–Crippen LogP) is 3.81. The van der Waals surface area contributed by atoms with E-state index in [1.165, 1.54) is 0 Å². The smallest absolute Gasteiger partial charge is 0.360 e. The van der Waals surface area contributed by atoms with Crippen molar-refractivity contribution in [1.29, 1.82) is 0 Å². The molecule has 7 heteroatoms. The Morgan fingerprint density at radius 3 is 2.64 bits per heavy atom. The van der Waals surface area contributed by atoms with Crippen LogP contribution in [-0.4, -0.2) is 21.3 Å². The molecule has 0 atom stereocenters. The second-order valence-electron chi connectivity index (χ2n) is 4.59. The molecule has 22 heavy (non-hydrogen) atoms. The SMILES string of the molecule is O=C(O)c1n[nH]c2ccc(-c3cc(Br)ccc3Br)cc2c1=O. The highest BCUT2D eigenvalue weighted by Crippen LogP contribution is 2.31. The molecule has 0 aliphatic heterocycles. The number of H-pyrrole nitrogens is 1. The third-order valence-corrected chi connectivity index (χ3v) is 4.39. The van der Waals surface area contributed by atoms with Gasteiger partial charge in [-0.3, -0.25) is 9.89 Å². The summed E-state index contributed by atoms with van der Waals surface area (Å²) < 4.78 is 1.78. The number of fused-ring (bicyclic) bond motifs is 1. The molecule has 2 N–H and O–H groups in total. The second-order valence-corrected chi connectivity index (χ2v) is 6.36. The number of hydrogen-bond acceptors (Lipinski definition) is 3. The Hall–Kier alpha value is -1.99. The van der Waals surface area contributed by atoms with Gasteiger partial charge in [0.1, 0.15) is 0 Å². The first-order valence-corrected chi connectivity index (χ1v) is 7.77. The van der Waals surface area contributed by atoms with Crippen molar-refractivity contribution in [2.24, 2.45) is 0 Å². The monoisotopic (exact) mass is 422 g/mol. The maximum Gasteiger partial charge on any atom is 0.360 e. The van der Waals surface area contributed by atoms with Crippen molar-refractivity contribution in [1.82, 2.24) is 10.2 Å². The fourth-order valence-electron chi connectivity index (χ4n) is 2.16. The number of aromatic carboxylic acids is 1. The van der Waals surface area contributed by atoms with E-state index < -0.39 is 17.1 Å². The molecule has 110 valence electrons. The maximum absolute atomic E-state index is 12.2. The first-order valence-electron chi connectivity index (χ1n) is 6.18. The Morgan fingerprint density at radius 2 is 1.91 bits per heavy atom. The van der Waals surface area contributed by atoms with Gasteiger partial charge in [0, 0.05) is 8.95 Å². The van der Waals surface area contributed by atoms with E-state index in [1.807, 2.05) is 24.3 Å². The minimum absolute atomic E-state index is 0.289. The van der Waals surface area contributed by atoms with Crippen LogP contribution in [0.15, 0.2) is 50.1 Å². The van der Waals surface area contributed by atoms with Gasteiger partial charge in [0.25, 0.3) is 0 Å². The number of nitrogens with one attached hydrogen (secondary N) is 1. The lowest BCUT2D eigenvalue weighted by Crippen LogP contribution is -2.18. The number of aromatic amines is 1. The highest BCUT2D eigenvalue weighted by atomic mass is 79.9. The average Bonchev–Trinajstić information content (AvgIpc) is 2.49. The molecule has 3 aromatic rings. The fraction of sp³-hybridized carbons (Fsp3) is 0. The van der Waals surface area contributed by atoms with Gasteiger partial charge in [-0.25, -0.2) is 4.79 Å². The predicted molar refractivity (Wildman–Crippen MR) is 90.2 cm³/mol. The third kappa shape index (κ3) is 2.57. The number of carbonyl (C=O) groups is 1. The van der Waals surface area contributed by atoms with Gasteiger partial charge in [0.15, 0.2) is 0 Å². The van der Waals surface area contributed by atoms with Gasteiger partial charge >= 0.3 is 5.97 Å². The number of hydrogen-bond donors (Lipinski definition) is 2. The Balaban J connectivity index is 2.29. The molecule has 1 aromatic heterocycles. The number of rotatable bonds is 2. The molecule has 0 fully saturated rings. The number of nitrogens with zero attached hydrogens (tertiary/aromatic N) is 1. The molecule has 2 aromatic carbocycles. The van der Waals surface area contributed by atoms with E-state index in [1.54, 1.807) is 12.1 Å². The van der Waals surface area contributed by atoms with Crippen LogP contribution in [0.1, 0.15) is 10.5 Å². The lowest BCUT2D eigenvalue weighted by molar-refractivity contribution is 0.0688. The molecule has 0 saturated carbocycles. The number of benzene rings is 2. The van der Waals surface area contributed by atoms with Gasteiger partial charge < -0.3 is 5.11 Å². The summed E-state index contributed by atoms with van der Waals surface area (Å²) in [6.45, 7) is 0. The third-order valence-electron chi connectivity index (χ3n) is 3.21. The molecular weight excluding hydrogens is 416 g/mol. The van der Waals surface area contributed by atoms with E-state index in [-0.39, 0.29) is 5.39 Å². The minimum Gasteiger partial charge on any atom is -0.476 e. The van der Waals surface area contributed by atoms with Gasteiger partial charge in [-0.1, -0.05) is 37.9 Å². The van der Waals surface area contributed by atoms with Gasteiger partial charge in [-0.15, -0.1) is 0 Å². The summed E-state index contributed by atoms with van der Waals surface area (Å²) in [6, 6.07) is 10.9. The van der Waals surface area contributed by atoms with E-state index in [9.17, 15) is 9.59 Å². The molecule has 5 nitrogen and oxygen atoms in total. The zero-order valence-electron chi connectivity index (χ0n) is 10.9. The summed E-state index contributed by atoms with van der Waals surface area (Å²) in [5.41, 5.74) is 1.06. The zero-order valence-corrected chi connectivity index (χ0v) is 14.1. The van der Waals surface area contributed by atoms with Gasteiger partial charge in [0.05, 0.1) is 10.9 Å². The molecule has 0 unspecified atom stereocenters. The van der Waals surface area contributed by atoms with Crippen LogP contribution in [0.4, 0.5) is 0 Å². The van der Waals surface area contributed by atoms with Crippen molar-refractivity contribution in [2.75, 3.05) is 0 Å². The summed E-state index contributed by atoms with van der Waals surface area (Å²) in [5.74, 6) is -1.35. The Bertz CT molecular complexity index is 967. The molecule has 0 saturated heterocycles. The van der Waals surface area contributed by atoms with E-state index in [0.717, 1.165) is 20.1 Å². The Morgan fingerprint density at radius 1 is 1.14 bits per heavy atom. The molecule has 3 rings (SSSR count). The van der Waals surface area contributed by atoms with E-state index in [2.05, 4.69) is 42.1 Å². The molecule has 0 amide bonds. The van der Waals surface area contributed by atoms with Crippen molar-refractivity contribution in [3.63, 3.8) is 0 Å². The normalized spacial score (nSPS) is 10.8. The average molecular weight is 424 g/mol. The van der Waals surface area contributed by atoms with Gasteiger partial charge in [-0.05, 0) is 41.5 Å². The number of aromatic nitrogens is 2. The molecule has 0 radical (unpaired) electrons. The topological polar surface area (TPSA) is 83.0 Å².